The van der Waals surface area contributed by atoms with Gasteiger partial charge >= 0.3 is 5.97 Å². The van der Waals surface area contributed by atoms with E-state index in [4.69, 9.17) is 5.11 Å². The van der Waals surface area contributed by atoms with E-state index >= 15 is 0 Å². The van der Waals surface area contributed by atoms with Crippen LogP contribution < -0.4 is 0 Å². The van der Waals surface area contributed by atoms with Gasteiger partial charge in [-0.15, -0.1) is 0 Å². The highest BCUT2D eigenvalue weighted by Crippen LogP contribution is 2.39. The minimum atomic E-state index is -1.03. The van der Waals surface area contributed by atoms with Crippen LogP contribution in [-0.4, -0.2) is 39.3 Å². The highest BCUT2D eigenvalue weighted by atomic mass is 79.9. The molecule has 0 saturated carbocycles. The number of amides is 2. The minimum absolute atomic E-state index is 0.0652. The molecule has 1 N–H and O–H groups in total. The number of carbonyl (C=O) groups is 3. The van der Waals surface area contributed by atoms with Crippen molar-refractivity contribution in [3.05, 3.63) is 50.0 Å². The van der Waals surface area contributed by atoms with E-state index in [-0.39, 0.29) is 40.7 Å². The second-order valence-corrected chi connectivity index (χ2v) is 6.29. The van der Waals surface area contributed by atoms with Crippen LogP contribution >= 0.6 is 15.9 Å². The molecule has 2 amide bonds. The number of hydrogen-bond donors (Lipinski definition) is 1. The Morgan fingerprint density at radius 2 is 1.92 bits per heavy atom. The lowest BCUT2D eigenvalue weighted by molar-refractivity contribution is -0.385. The third-order valence-electron chi connectivity index (χ3n) is 4.00. The third-order valence-corrected chi connectivity index (χ3v) is 4.83. The van der Waals surface area contributed by atoms with Gasteiger partial charge in [0.05, 0.1) is 10.5 Å². The molecule has 2 aromatic carbocycles. The van der Waals surface area contributed by atoms with Gasteiger partial charge in [-0.2, -0.15) is 0 Å². The fourth-order valence-electron chi connectivity index (χ4n) is 2.89. The van der Waals surface area contributed by atoms with Crippen molar-refractivity contribution in [3.8, 4) is 0 Å². The predicted molar refractivity (Wildman–Crippen MR) is 90.5 cm³/mol. The Bertz CT molecular complexity index is 955. The van der Waals surface area contributed by atoms with Gasteiger partial charge in [0, 0.05) is 35.4 Å². The summed E-state index contributed by atoms with van der Waals surface area (Å²) in [6.45, 7) is -0.0658. The van der Waals surface area contributed by atoms with E-state index in [0.717, 1.165) is 11.0 Å². The third kappa shape index (κ3) is 2.76. The Labute approximate surface area is 149 Å². The molecule has 8 nitrogen and oxygen atoms in total. The van der Waals surface area contributed by atoms with Crippen LogP contribution in [0.15, 0.2) is 28.7 Å². The van der Waals surface area contributed by atoms with Crippen LogP contribution in [0.1, 0.15) is 33.6 Å². The maximum absolute atomic E-state index is 12.7. The van der Waals surface area contributed by atoms with Gasteiger partial charge in [0.25, 0.3) is 17.5 Å². The summed E-state index contributed by atoms with van der Waals surface area (Å²) in [5.74, 6) is -2.22. The molecule has 1 heterocycles. The number of benzene rings is 2. The van der Waals surface area contributed by atoms with Crippen molar-refractivity contribution in [3.63, 3.8) is 0 Å². The summed E-state index contributed by atoms with van der Waals surface area (Å²) in [7, 11) is 0. The molecule has 2 aromatic rings. The number of carboxylic acid groups (broad SMARTS) is 1. The molecule has 0 unspecified atom stereocenters. The molecule has 1 aliphatic heterocycles. The van der Waals surface area contributed by atoms with Crippen LogP contribution in [0.3, 0.4) is 0 Å². The summed E-state index contributed by atoms with van der Waals surface area (Å²) in [6, 6.07) is 5.87. The van der Waals surface area contributed by atoms with E-state index in [1.165, 1.54) is 0 Å². The average molecular weight is 407 g/mol. The fraction of sp³-hybridized carbons (Fsp3) is 0.188. The molecule has 0 aromatic heterocycles. The topological polar surface area (TPSA) is 118 Å². The standard InChI is InChI=1S/C16H11BrN2O6/c17-14-8-3-1-4-9-13(8)10(7-11(14)19(24)25)16(23)18(15(9)22)6-2-5-12(20)21/h1,3-4,7H,2,5-6H2,(H,20,21). The summed E-state index contributed by atoms with van der Waals surface area (Å²) in [5.41, 5.74) is 0.0567. The van der Waals surface area contributed by atoms with E-state index in [1.807, 2.05) is 0 Å². The summed E-state index contributed by atoms with van der Waals surface area (Å²) >= 11 is 3.17. The molecule has 1 aliphatic rings. The molecule has 0 atom stereocenters. The zero-order valence-electron chi connectivity index (χ0n) is 12.7. The maximum Gasteiger partial charge on any atom is 0.303 e. The monoisotopic (exact) mass is 406 g/mol. The van der Waals surface area contributed by atoms with Crippen molar-refractivity contribution in [1.29, 1.82) is 0 Å². The van der Waals surface area contributed by atoms with Gasteiger partial charge in [-0.25, -0.2) is 0 Å². The summed E-state index contributed by atoms with van der Waals surface area (Å²) < 4.78 is 0.207. The van der Waals surface area contributed by atoms with Gasteiger partial charge in [-0.3, -0.25) is 29.4 Å². The number of rotatable bonds is 5. The van der Waals surface area contributed by atoms with Gasteiger partial charge in [0.2, 0.25) is 0 Å². The van der Waals surface area contributed by atoms with Crippen molar-refractivity contribution < 1.29 is 24.4 Å². The highest BCUT2D eigenvalue weighted by Gasteiger charge is 2.35. The second kappa shape index (κ2) is 6.25. The Morgan fingerprint density at radius 3 is 2.56 bits per heavy atom. The first-order valence-electron chi connectivity index (χ1n) is 7.30. The number of aliphatic carboxylic acids is 1. The number of imide groups is 1. The number of carboxylic acids is 1. The first-order valence-corrected chi connectivity index (χ1v) is 8.10. The Morgan fingerprint density at radius 1 is 1.24 bits per heavy atom. The lowest BCUT2D eigenvalue weighted by Crippen LogP contribution is -2.41. The molecule has 0 radical (unpaired) electrons. The average Bonchev–Trinajstić information content (AvgIpc) is 2.56. The number of nitrogens with zero attached hydrogens (tertiary/aromatic N) is 2. The molecule has 128 valence electrons. The van der Waals surface area contributed by atoms with Gasteiger partial charge in [-0.05, 0) is 28.4 Å². The minimum Gasteiger partial charge on any atom is -0.481 e. The number of nitro benzene ring substituents is 1. The zero-order valence-corrected chi connectivity index (χ0v) is 14.3. The number of nitro groups is 1. The van der Waals surface area contributed by atoms with E-state index in [0.29, 0.717) is 10.8 Å². The molecule has 0 fully saturated rings. The molecule has 3 rings (SSSR count). The summed E-state index contributed by atoms with van der Waals surface area (Å²) in [4.78, 5) is 47.6. The van der Waals surface area contributed by atoms with Crippen molar-refractivity contribution in [1.82, 2.24) is 4.90 Å². The lowest BCUT2D eigenvalue weighted by Gasteiger charge is -2.27. The van der Waals surface area contributed by atoms with Crippen LogP contribution in [0.25, 0.3) is 10.8 Å². The van der Waals surface area contributed by atoms with E-state index in [2.05, 4.69) is 15.9 Å². The predicted octanol–water partition coefficient (Wildman–Crippen LogP) is 2.97. The molecular weight excluding hydrogens is 396 g/mol. The lowest BCUT2D eigenvalue weighted by atomic mass is 9.93. The van der Waals surface area contributed by atoms with Gasteiger partial charge < -0.3 is 5.11 Å². The molecule has 25 heavy (non-hydrogen) atoms. The molecule has 0 saturated heterocycles. The smallest absolute Gasteiger partial charge is 0.303 e. The Hall–Kier alpha value is -2.81. The SMILES string of the molecule is O=C(O)CCCN1C(=O)c2cccc3c(Br)c([N+](=O)[O-])cc(c23)C1=O. The zero-order chi connectivity index (χ0) is 18.3. The number of carbonyl (C=O) groups excluding carboxylic acids is 2. The van der Waals surface area contributed by atoms with Gasteiger partial charge in [-0.1, -0.05) is 12.1 Å². The van der Waals surface area contributed by atoms with Crippen molar-refractivity contribution >= 4 is 50.2 Å². The van der Waals surface area contributed by atoms with Crippen LogP contribution in [0, 0.1) is 10.1 Å². The molecule has 0 bridgehead atoms. The number of halogens is 1. The first-order chi connectivity index (χ1) is 11.8. The van der Waals surface area contributed by atoms with Crippen LogP contribution in [0.5, 0.6) is 0 Å². The van der Waals surface area contributed by atoms with Crippen LogP contribution in [0.2, 0.25) is 0 Å². The second-order valence-electron chi connectivity index (χ2n) is 5.50. The normalized spacial score (nSPS) is 13.4. The van der Waals surface area contributed by atoms with Crippen molar-refractivity contribution in [2.24, 2.45) is 0 Å². The largest absolute Gasteiger partial charge is 0.481 e. The quantitative estimate of drug-likeness (QED) is 0.463. The van der Waals surface area contributed by atoms with Gasteiger partial charge in [0.15, 0.2) is 0 Å². The Balaban J connectivity index is 2.16. The Kier molecular flexibility index (Phi) is 4.25. The molecule has 0 spiro atoms. The van der Waals surface area contributed by atoms with E-state index in [9.17, 15) is 24.5 Å². The number of hydrogen-bond acceptors (Lipinski definition) is 5. The van der Waals surface area contributed by atoms with E-state index in [1.54, 1.807) is 18.2 Å². The summed E-state index contributed by atoms with van der Waals surface area (Å²) in [6.07, 6.45) is -0.0780. The highest BCUT2D eigenvalue weighted by molar-refractivity contribution is 9.10. The van der Waals surface area contributed by atoms with Gasteiger partial charge in [0.1, 0.15) is 4.47 Å². The van der Waals surface area contributed by atoms with E-state index < -0.39 is 22.7 Å². The molecule has 0 aliphatic carbocycles. The fourth-order valence-corrected chi connectivity index (χ4v) is 3.48. The summed E-state index contributed by atoms with van der Waals surface area (Å²) in [5, 5.41) is 20.7. The van der Waals surface area contributed by atoms with Crippen molar-refractivity contribution in [2.45, 2.75) is 12.8 Å². The van der Waals surface area contributed by atoms with Crippen molar-refractivity contribution in [2.75, 3.05) is 6.54 Å². The van der Waals surface area contributed by atoms with Crippen LogP contribution in [-0.2, 0) is 4.79 Å². The maximum atomic E-state index is 12.7. The first kappa shape index (κ1) is 17.0. The van der Waals surface area contributed by atoms with Crippen LogP contribution in [0.4, 0.5) is 5.69 Å². The molecular formula is C16H11BrN2O6. The molecule has 9 heteroatoms.